The third-order valence-electron chi connectivity index (χ3n) is 3.76. The van der Waals surface area contributed by atoms with E-state index in [4.69, 9.17) is 0 Å². The quantitative estimate of drug-likeness (QED) is 0.661. The van der Waals surface area contributed by atoms with E-state index in [0.717, 1.165) is 12.1 Å². The van der Waals surface area contributed by atoms with Crippen LogP contribution in [0.3, 0.4) is 0 Å². The average Bonchev–Trinajstić information content (AvgIpc) is 2.60. The van der Waals surface area contributed by atoms with Crippen molar-refractivity contribution in [1.29, 1.82) is 0 Å². The van der Waals surface area contributed by atoms with Crippen LogP contribution >= 0.6 is 0 Å². The summed E-state index contributed by atoms with van der Waals surface area (Å²) in [5.74, 6) is -1.53. The van der Waals surface area contributed by atoms with Crippen LogP contribution in [0.25, 0.3) is 0 Å². The predicted octanol–water partition coefficient (Wildman–Crippen LogP) is 3.50. The fourth-order valence-electron chi connectivity index (χ4n) is 2.32. The Morgan fingerprint density at radius 1 is 0.960 bits per heavy atom. The third kappa shape index (κ3) is 3.88. The summed E-state index contributed by atoms with van der Waals surface area (Å²) in [5.41, 5.74) is -3.60. The van der Waals surface area contributed by atoms with Crippen LogP contribution in [0.2, 0.25) is 0 Å². The van der Waals surface area contributed by atoms with Crippen LogP contribution in [-0.4, -0.2) is 30.1 Å². The van der Waals surface area contributed by atoms with Crippen LogP contribution in [0.15, 0.2) is 54.6 Å². The van der Waals surface area contributed by atoms with Gasteiger partial charge >= 0.3 is 12.1 Å². The smallest absolute Gasteiger partial charge is 0.421 e. The minimum Gasteiger partial charge on any atom is -0.465 e. The van der Waals surface area contributed by atoms with Crippen LogP contribution in [0.5, 0.6) is 0 Å². The van der Waals surface area contributed by atoms with E-state index in [1.54, 1.807) is 0 Å². The van der Waals surface area contributed by atoms with E-state index in [9.17, 15) is 27.9 Å². The number of esters is 1. The van der Waals surface area contributed by atoms with Crippen LogP contribution in [0.1, 0.15) is 32.7 Å². The van der Waals surface area contributed by atoms with Gasteiger partial charge in [-0.15, -0.1) is 0 Å². The van der Waals surface area contributed by atoms with Gasteiger partial charge in [-0.05, 0) is 17.7 Å². The SMILES string of the molecule is COC(=O)c1ccc(C(=O)CC(O)(c2ccccc2)C(F)(F)F)cc1. The van der Waals surface area contributed by atoms with E-state index >= 15 is 0 Å². The summed E-state index contributed by atoms with van der Waals surface area (Å²) < 4.78 is 44.8. The highest BCUT2D eigenvalue weighted by atomic mass is 19.4. The first-order valence-corrected chi connectivity index (χ1v) is 7.25. The molecule has 0 spiro atoms. The molecule has 1 N–H and O–H groups in total. The van der Waals surface area contributed by atoms with Gasteiger partial charge in [-0.2, -0.15) is 13.2 Å². The number of Topliss-reactive ketones (excluding diaryl/α,β-unsaturated/α-hetero) is 1. The number of ketones is 1. The number of hydrogen-bond acceptors (Lipinski definition) is 4. The molecule has 2 aromatic carbocycles. The lowest BCUT2D eigenvalue weighted by Crippen LogP contribution is -2.44. The van der Waals surface area contributed by atoms with E-state index in [2.05, 4.69) is 4.74 Å². The first kappa shape index (κ1) is 18.7. The van der Waals surface area contributed by atoms with Crippen molar-refractivity contribution in [3.8, 4) is 0 Å². The zero-order valence-corrected chi connectivity index (χ0v) is 13.2. The molecule has 0 bridgehead atoms. The van der Waals surface area contributed by atoms with Gasteiger partial charge in [0.15, 0.2) is 11.4 Å². The molecule has 132 valence electrons. The number of ether oxygens (including phenoxy) is 1. The summed E-state index contributed by atoms with van der Waals surface area (Å²) >= 11 is 0. The fourth-order valence-corrected chi connectivity index (χ4v) is 2.32. The zero-order chi connectivity index (χ0) is 18.7. The van der Waals surface area contributed by atoms with Crippen molar-refractivity contribution in [2.75, 3.05) is 7.11 Å². The summed E-state index contributed by atoms with van der Waals surface area (Å²) in [4.78, 5) is 23.6. The van der Waals surface area contributed by atoms with Gasteiger partial charge in [-0.1, -0.05) is 42.5 Å². The summed E-state index contributed by atoms with van der Waals surface area (Å²) in [5, 5.41) is 10.2. The Labute approximate surface area is 141 Å². The topological polar surface area (TPSA) is 63.6 Å². The van der Waals surface area contributed by atoms with E-state index in [1.165, 1.54) is 49.6 Å². The molecule has 1 atom stereocenters. The molecule has 0 heterocycles. The highest BCUT2D eigenvalue weighted by Gasteiger charge is 2.55. The standard InChI is InChI=1S/C18H15F3O4/c1-25-16(23)13-9-7-12(8-10-13)15(22)11-17(24,18(19,20)21)14-5-3-2-4-6-14/h2-10,24H,11H2,1H3. The second kappa shape index (κ2) is 7.06. The van der Waals surface area contributed by atoms with Crippen molar-refractivity contribution in [1.82, 2.24) is 0 Å². The summed E-state index contributed by atoms with van der Waals surface area (Å²) in [6.07, 6.45) is -6.20. The number of benzene rings is 2. The van der Waals surface area contributed by atoms with Crippen LogP contribution in [0, 0.1) is 0 Å². The van der Waals surface area contributed by atoms with Crippen LogP contribution in [0.4, 0.5) is 13.2 Å². The summed E-state index contributed by atoms with van der Waals surface area (Å²) in [6, 6.07) is 11.4. The molecule has 0 amide bonds. The Morgan fingerprint density at radius 2 is 1.48 bits per heavy atom. The average molecular weight is 352 g/mol. The van der Waals surface area contributed by atoms with Gasteiger partial charge in [-0.3, -0.25) is 4.79 Å². The van der Waals surface area contributed by atoms with Gasteiger partial charge in [-0.25, -0.2) is 4.79 Å². The number of methoxy groups -OCH3 is 1. The maximum absolute atomic E-state index is 13.4. The van der Waals surface area contributed by atoms with Gasteiger partial charge in [0.05, 0.1) is 19.1 Å². The molecule has 0 aliphatic heterocycles. The van der Waals surface area contributed by atoms with Crippen molar-refractivity contribution >= 4 is 11.8 Å². The van der Waals surface area contributed by atoms with E-state index in [0.29, 0.717) is 0 Å². The minimum absolute atomic E-state index is 0.0498. The van der Waals surface area contributed by atoms with Crippen LogP contribution in [-0.2, 0) is 10.3 Å². The molecule has 2 rings (SSSR count). The molecule has 0 saturated carbocycles. The molecule has 4 nitrogen and oxygen atoms in total. The lowest BCUT2D eigenvalue weighted by molar-refractivity contribution is -0.264. The molecule has 7 heteroatoms. The van der Waals surface area contributed by atoms with Gasteiger partial charge in [0.2, 0.25) is 0 Å². The molecule has 1 unspecified atom stereocenters. The minimum atomic E-state index is -5.03. The number of carbonyl (C=O) groups is 2. The molecule has 0 radical (unpaired) electrons. The molecule has 0 fully saturated rings. The Bertz CT molecular complexity index is 754. The van der Waals surface area contributed by atoms with Gasteiger partial charge in [0.1, 0.15) is 0 Å². The fraction of sp³-hybridized carbons (Fsp3) is 0.222. The molecule has 0 aliphatic rings. The summed E-state index contributed by atoms with van der Waals surface area (Å²) in [6.45, 7) is 0. The lowest BCUT2D eigenvalue weighted by atomic mass is 9.86. The third-order valence-corrected chi connectivity index (χ3v) is 3.76. The first-order chi connectivity index (χ1) is 11.7. The Morgan fingerprint density at radius 3 is 1.96 bits per heavy atom. The maximum atomic E-state index is 13.4. The second-order valence-electron chi connectivity index (χ2n) is 5.39. The normalized spacial score (nSPS) is 13.8. The largest absolute Gasteiger partial charge is 0.465 e. The Balaban J connectivity index is 2.31. The number of halogens is 3. The monoisotopic (exact) mass is 352 g/mol. The van der Waals surface area contributed by atoms with Crippen LogP contribution < -0.4 is 0 Å². The molecular formula is C18H15F3O4. The molecule has 25 heavy (non-hydrogen) atoms. The number of rotatable bonds is 5. The van der Waals surface area contributed by atoms with Crippen molar-refractivity contribution < 1.29 is 32.6 Å². The predicted molar refractivity (Wildman–Crippen MR) is 83.1 cm³/mol. The zero-order valence-electron chi connectivity index (χ0n) is 13.2. The Kier molecular flexibility index (Phi) is 5.27. The molecule has 0 saturated heterocycles. The molecule has 0 aliphatic carbocycles. The van der Waals surface area contributed by atoms with E-state index in [-0.39, 0.29) is 11.1 Å². The number of hydrogen-bond donors (Lipinski definition) is 1. The van der Waals surface area contributed by atoms with E-state index in [1.807, 2.05) is 0 Å². The Hall–Kier alpha value is -2.67. The number of carbonyl (C=O) groups excluding carboxylic acids is 2. The molecule has 0 aromatic heterocycles. The molecule has 2 aromatic rings. The highest BCUT2D eigenvalue weighted by Crippen LogP contribution is 2.42. The van der Waals surface area contributed by atoms with Gasteiger partial charge in [0, 0.05) is 5.56 Å². The van der Waals surface area contributed by atoms with Crippen molar-refractivity contribution in [3.05, 3.63) is 71.3 Å². The first-order valence-electron chi connectivity index (χ1n) is 7.25. The van der Waals surface area contributed by atoms with Crippen molar-refractivity contribution in [2.24, 2.45) is 0 Å². The second-order valence-corrected chi connectivity index (χ2v) is 5.39. The molecular weight excluding hydrogens is 337 g/mol. The van der Waals surface area contributed by atoms with Crippen molar-refractivity contribution in [3.63, 3.8) is 0 Å². The van der Waals surface area contributed by atoms with Gasteiger partial charge < -0.3 is 9.84 Å². The maximum Gasteiger partial charge on any atom is 0.421 e. The van der Waals surface area contributed by atoms with Gasteiger partial charge in [0.25, 0.3) is 0 Å². The highest BCUT2D eigenvalue weighted by molar-refractivity contribution is 5.98. The lowest BCUT2D eigenvalue weighted by Gasteiger charge is -2.30. The van der Waals surface area contributed by atoms with Crippen molar-refractivity contribution in [2.45, 2.75) is 18.2 Å². The number of aliphatic hydroxyl groups is 1. The van der Waals surface area contributed by atoms with E-state index < -0.39 is 35.5 Å². The number of alkyl halides is 3. The summed E-state index contributed by atoms with van der Waals surface area (Å²) in [7, 11) is 1.19.